The lowest BCUT2D eigenvalue weighted by atomic mass is 9.88. The van der Waals surface area contributed by atoms with Crippen LogP contribution in [0.1, 0.15) is 23.5 Å². The van der Waals surface area contributed by atoms with Gasteiger partial charge >= 0.3 is 0 Å². The maximum absolute atomic E-state index is 13.3. The summed E-state index contributed by atoms with van der Waals surface area (Å²) < 4.78 is 13.3. The minimum atomic E-state index is -0.174. The maximum atomic E-state index is 13.3. The molecule has 0 saturated heterocycles. The van der Waals surface area contributed by atoms with Crippen LogP contribution in [-0.2, 0) is 0 Å². The van der Waals surface area contributed by atoms with E-state index in [2.05, 4.69) is 17.9 Å². The van der Waals surface area contributed by atoms with Crippen LogP contribution in [0, 0.1) is 5.82 Å². The first kappa shape index (κ1) is 11.8. The molecule has 0 aliphatic carbocycles. The van der Waals surface area contributed by atoms with Gasteiger partial charge in [-0.25, -0.2) is 4.39 Å². The molecule has 0 aromatic heterocycles. The molecule has 1 unspecified atom stereocenters. The zero-order valence-corrected chi connectivity index (χ0v) is 9.77. The summed E-state index contributed by atoms with van der Waals surface area (Å²) in [6, 6.07) is 17.1. The highest BCUT2D eigenvalue weighted by Crippen LogP contribution is 2.27. The van der Waals surface area contributed by atoms with Gasteiger partial charge in [-0.05, 0) is 23.3 Å². The van der Waals surface area contributed by atoms with Crippen LogP contribution in [0.2, 0.25) is 0 Å². The third kappa shape index (κ3) is 2.92. The molecule has 2 aromatic carbocycles. The topological polar surface area (TPSA) is 27.6 Å². The fourth-order valence-electron chi connectivity index (χ4n) is 2.14. The lowest BCUT2D eigenvalue weighted by Crippen LogP contribution is -2.50. The molecule has 2 aromatic rings. The van der Waals surface area contributed by atoms with E-state index in [-0.39, 0.29) is 11.7 Å². The largest absolute Gasteiger partial charge is 0.358 e. The van der Waals surface area contributed by atoms with E-state index in [9.17, 15) is 4.39 Å². The number of rotatable bonds is 4. The summed E-state index contributed by atoms with van der Waals surface area (Å²) in [7, 11) is 0. The summed E-state index contributed by atoms with van der Waals surface area (Å²) in [5.74, 6) is 0.0666. The first-order valence-corrected chi connectivity index (χ1v) is 5.91. The number of halogens is 1. The quantitative estimate of drug-likeness (QED) is 0.836. The average molecular weight is 230 g/mol. The van der Waals surface area contributed by atoms with Crippen LogP contribution >= 0.6 is 0 Å². The number of benzene rings is 2. The van der Waals surface area contributed by atoms with E-state index in [0.717, 1.165) is 18.5 Å². The summed E-state index contributed by atoms with van der Waals surface area (Å²) >= 11 is 0. The van der Waals surface area contributed by atoms with Gasteiger partial charge in [0.15, 0.2) is 0 Å². The molecule has 0 spiro atoms. The predicted molar refractivity (Wildman–Crippen MR) is 67.1 cm³/mol. The Morgan fingerprint density at radius 2 is 1.65 bits per heavy atom. The Morgan fingerprint density at radius 3 is 2.29 bits per heavy atom. The number of quaternary nitrogens is 1. The Balaban J connectivity index is 2.35. The SMILES string of the molecule is [NH3+]CCC(c1ccccc1)c1cccc(F)c1. The fraction of sp³-hybridized carbons (Fsp3) is 0.200. The van der Waals surface area contributed by atoms with Crippen LogP contribution in [0.5, 0.6) is 0 Å². The Kier molecular flexibility index (Phi) is 3.89. The standard InChI is InChI=1S/C15H16FN/c16-14-8-4-7-13(11-14)15(9-10-17)12-5-2-1-3-6-12/h1-8,11,15H,9-10,17H2/p+1. The molecule has 88 valence electrons. The van der Waals surface area contributed by atoms with E-state index < -0.39 is 0 Å². The van der Waals surface area contributed by atoms with Crippen LogP contribution in [0.15, 0.2) is 54.6 Å². The van der Waals surface area contributed by atoms with Crippen molar-refractivity contribution in [2.45, 2.75) is 12.3 Å². The lowest BCUT2D eigenvalue weighted by molar-refractivity contribution is -0.368. The first-order chi connectivity index (χ1) is 8.31. The van der Waals surface area contributed by atoms with Crippen molar-refractivity contribution in [3.63, 3.8) is 0 Å². The van der Waals surface area contributed by atoms with Gasteiger partial charge in [0.2, 0.25) is 0 Å². The lowest BCUT2D eigenvalue weighted by Gasteiger charge is -2.16. The molecule has 2 rings (SSSR count). The second-order valence-corrected chi connectivity index (χ2v) is 4.16. The molecule has 2 heteroatoms. The molecule has 0 amide bonds. The molecule has 1 atom stereocenters. The Labute approximate surface area is 101 Å². The van der Waals surface area contributed by atoms with Gasteiger partial charge in [0, 0.05) is 12.3 Å². The molecular weight excluding hydrogens is 213 g/mol. The highest BCUT2D eigenvalue weighted by molar-refractivity contribution is 5.32. The highest BCUT2D eigenvalue weighted by atomic mass is 19.1. The average Bonchev–Trinajstić information content (AvgIpc) is 2.37. The minimum Gasteiger partial charge on any atom is -0.358 e. The third-order valence-corrected chi connectivity index (χ3v) is 2.95. The third-order valence-electron chi connectivity index (χ3n) is 2.95. The van der Waals surface area contributed by atoms with Crippen molar-refractivity contribution in [1.82, 2.24) is 0 Å². The van der Waals surface area contributed by atoms with E-state index in [1.54, 1.807) is 12.1 Å². The van der Waals surface area contributed by atoms with Crippen LogP contribution in [0.25, 0.3) is 0 Å². The van der Waals surface area contributed by atoms with Crippen molar-refractivity contribution < 1.29 is 10.1 Å². The Bertz CT molecular complexity index is 467. The summed E-state index contributed by atoms with van der Waals surface area (Å²) in [4.78, 5) is 0. The van der Waals surface area contributed by atoms with Gasteiger partial charge < -0.3 is 5.73 Å². The fourth-order valence-corrected chi connectivity index (χ4v) is 2.14. The van der Waals surface area contributed by atoms with Crippen LogP contribution in [-0.4, -0.2) is 6.54 Å². The van der Waals surface area contributed by atoms with Crippen LogP contribution < -0.4 is 5.73 Å². The highest BCUT2D eigenvalue weighted by Gasteiger charge is 2.14. The molecule has 0 radical (unpaired) electrons. The molecule has 17 heavy (non-hydrogen) atoms. The van der Waals surface area contributed by atoms with Gasteiger partial charge in [-0.15, -0.1) is 0 Å². The zero-order chi connectivity index (χ0) is 12.1. The molecule has 3 N–H and O–H groups in total. The molecule has 0 saturated carbocycles. The Morgan fingerprint density at radius 1 is 0.941 bits per heavy atom. The van der Waals surface area contributed by atoms with E-state index >= 15 is 0 Å². The molecule has 0 aliphatic rings. The van der Waals surface area contributed by atoms with Gasteiger partial charge in [-0.1, -0.05) is 42.5 Å². The Hall–Kier alpha value is -1.67. The van der Waals surface area contributed by atoms with Gasteiger partial charge in [0.25, 0.3) is 0 Å². The molecule has 0 bridgehead atoms. The number of hydrogen-bond donors (Lipinski definition) is 1. The molecule has 1 nitrogen and oxygen atoms in total. The van der Waals surface area contributed by atoms with E-state index in [4.69, 9.17) is 0 Å². The second kappa shape index (κ2) is 5.60. The van der Waals surface area contributed by atoms with E-state index in [1.165, 1.54) is 11.6 Å². The van der Waals surface area contributed by atoms with Gasteiger partial charge in [0.05, 0.1) is 6.54 Å². The van der Waals surface area contributed by atoms with Crippen molar-refractivity contribution in [1.29, 1.82) is 0 Å². The predicted octanol–water partition coefficient (Wildman–Crippen LogP) is 2.59. The molecular formula is C15H17FN+. The van der Waals surface area contributed by atoms with E-state index in [1.807, 2.05) is 24.3 Å². The van der Waals surface area contributed by atoms with E-state index in [0.29, 0.717) is 0 Å². The van der Waals surface area contributed by atoms with Crippen LogP contribution in [0.3, 0.4) is 0 Å². The molecule has 0 aliphatic heterocycles. The molecule has 0 heterocycles. The van der Waals surface area contributed by atoms with Crippen molar-refractivity contribution in [3.05, 3.63) is 71.5 Å². The van der Waals surface area contributed by atoms with Crippen molar-refractivity contribution in [2.24, 2.45) is 0 Å². The van der Waals surface area contributed by atoms with Gasteiger partial charge in [0.1, 0.15) is 5.82 Å². The summed E-state index contributed by atoms with van der Waals surface area (Å²) in [5, 5.41) is 0. The van der Waals surface area contributed by atoms with Crippen LogP contribution in [0.4, 0.5) is 4.39 Å². The first-order valence-electron chi connectivity index (χ1n) is 5.91. The number of hydrogen-bond acceptors (Lipinski definition) is 0. The second-order valence-electron chi connectivity index (χ2n) is 4.16. The van der Waals surface area contributed by atoms with Gasteiger partial charge in [-0.2, -0.15) is 0 Å². The smallest absolute Gasteiger partial charge is 0.123 e. The maximum Gasteiger partial charge on any atom is 0.123 e. The van der Waals surface area contributed by atoms with Crippen molar-refractivity contribution >= 4 is 0 Å². The summed E-state index contributed by atoms with van der Waals surface area (Å²) in [5.41, 5.74) is 6.16. The monoisotopic (exact) mass is 230 g/mol. The summed E-state index contributed by atoms with van der Waals surface area (Å²) in [6.45, 7) is 0.843. The zero-order valence-electron chi connectivity index (χ0n) is 9.77. The normalized spacial score (nSPS) is 12.4. The molecule has 0 fully saturated rings. The minimum absolute atomic E-state index is 0.174. The van der Waals surface area contributed by atoms with Crippen molar-refractivity contribution in [2.75, 3.05) is 6.54 Å². The van der Waals surface area contributed by atoms with Gasteiger partial charge in [-0.3, -0.25) is 0 Å². The van der Waals surface area contributed by atoms with Crippen molar-refractivity contribution in [3.8, 4) is 0 Å². The summed E-state index contributed by atoms with van der Waals surface area (Å²) in [6.07, 6.45) is 0.938.